The van der Waals surface area contributed by atoms with E-state index < -0.39 is 11.5 Å². The van der Waals surface area contributed by atoms with Crippen LogP contribution in [0.4, 0.5) is 0 Å². The predicted octanol–water partition coefficient (Wildman–Crippen LogP) is 1.76. The number of aliphatic carboxylic acids is 1. The van der Waals surface area contributed by atoms with Crippen molar-refractivity contribution < 1.29 is 24.2 Å². The topological polar surface area (TPSA) is 84.9 Å². The summed E-state index contributed by atoms with van der Waals surface area (Å²) in [5.41, 5.74) is 0.569. The molecule has 1 aromatic rings. The van der Waals surface area contributed by atoms with Gasteiger partial charge in [-0.25, -0.2) is 0 Å². The zero-order chi connectivity index (χ0) is 16.2. The normalized spacial score (nSPS) is 16.8. The van der Waals surface area contributed by atoms with Crippen LogP contribution in [-0.2, 0) is 9.53 Å². The quantitative estimate of drug-likeness (QED) is 0.866. The van der Waals surface area contributed by atoms with E-state index in [0.29, 0.717) is 37.4 Å². The molecule has 1 aromatic carbocycles. The van der Waals surface area contributed by atoms with Crippen LogP contribution in [0.3, 0.4) is 0 Å². The lowest BCUT2D eigenvalue weighted by Gasteiger charge is -2.37. The standard InChI is InChI=1S/C16H21NO5/c1-11-9-12(21-2)3-4-13(11)15(20)17-16(10-14(18)19)5-7-22-8-6-16/h3-4,9H,5-8,10H2,1-2H3,(H,17,20)(H,18,19). The molecule has 2 N–H and O–H groups in total. The number of benzene rings is 1. The Hall–Kier alpha value is -2.08. The molecule has 0 aliphatic carbocycles. The van der Waals surface area contributed by atoms with Gasteiger partial charge in [-0.1, -0.05) is 0 Å². The molecule has 1 amide bonds. The van der Waals surface area contributed by atoms with E-state index in [1.54, 1.807) is 25.3 Å². The van der Waals surface area contributed by atoms with Crippen molar-refractivity contribution >= 4 is 11.9 Å². The highest BCUT2D eigenvalue weighted by Crippen LogP contribution is 2.26. The van der Waals surface area contributed by atoms with Gasteiger partial charge in [0.2, 0.25) is 0 Å². The minimum absolute atomic E-state index is 0.0999. The second-order valence-corrected chi connectivity index (χ2v) is 5.60. The Balaban J connectivity index is 2.19. The number of carbonyl (C=O) groups is 2. The van der Waals surface area contributed by atoms with Gasteiger partial charge >= 0.3 is 5.97 Å². The van der Waals surface area contributed by atoms with E-state index in [1.165, 1.54) is 0 Å². The molecule has 120 valence electrons. The Morgan fingerprint density at radius 1 is 1.36 bits per heavy atom. The zero-order valence-electron chi connectivity index (χ0n) is 12.8. The fourth-order valence-corrected chi connectivity index (χ4v) is 2.72. The molecule has 0 radical (unpaired) electrons. The van der Waals surface area contributed by atoms with Crippen molar-refractivity contribution in [3.8, 4) is 5.75 Å². The van der Waals surface area contributed by atoms with Gasteiger partial charge in [0.15, 0.2) is 0 Å². The molecule has 2 rings (SSSR count). The summed E-state index contributed by atoms with van der Waals surface area (Å²) in [5, 5.41) is 12.0. The minimum atomic E-state index is -0.923. The molecule has 0 saturated carbocycles. The molecule has 6 nitrogen and oxygen atoms in total. The molecule has 1 aliphatic heterocycles. The number of amides is 1. The molecule has 0 bridgehead atoms. The summed E-state index contributed by atoms with van der Waals surface area (Å²) < 4.78 is 10.4. The molecule has 6 heteroatoms. The number of carbonyl (C=O) groups excluding carboxylic acids is 1. The van der Waals surface area contributed by atoms with Crippen LogP contribution in [0, 0.1) is 6.92 Å². The SMILES string of the molecule is COc1ccc(C(=O)NC2(CC(=O)O)CCOCC2)c(C)c1. The second kappa shape index (κ2) is 6.79. The van der Waals surface area contributed by atoms with Crippen molar-refractivity contribution in [3.05, 3.63) is 29.3 Å². The van der Waals surface area contributed by atoms with Crippen LogP contribution in [0.2, 0.25) is 0 Å². The first-order valence-electron chi connectivity index (χ1n) is 7.22. The van der Waals surface area contributed by atoms with Crippen molar-refractivity contribution in [2.24, 2.45) is 0 Å². The maximum absolute atomic E-state index is 12.5. The molecule has 1 saturated heterocycles. The van der Waals surface area contributed by atoms with E-state index in [4.69, 9.17) is 14.6 Å². The van der Waals surface area contributed by atoms with Crippen molar-refractivity contribution in [2.45, 2.75) is 31.7 Å². The molecular formula is C16H21NO5. The molecule has 1 aliphatic rings. The molecular weight excluding hydrogens is 286 g/mol. The number of hydrogen-bond donors (Lipinski definition) is 2. The molecule has 22 heavy (non-hydrogen) atoms. The highest BCUT2D eigenvalue weighted by atomic mass is 16.5. The van der Waals surface area contributed by atoms with Crippen LogP contribution in [0.25, 0.3) is 0 Å². The maximum Gasteiger partial charge on any atom is 0.305 e. The summed E-state index contributed by atoms with van der Waals surface area (Å²) in [5.74, 6) is -0.502. The summed E-state index contributed by atoms with van der Waals surface area (Å²) in [7, 11) is 1.57. The number of nitrogens with one attached hydrogen (secondary N) is 1. The van der Waals surface area contributed by atoms with Gasteiger partial charge in [0.25, 0.3) is 5.91 Å². The lowest BCUT2D eigenvalue weighted by Crippen LogP contribution is -2.53. The third kappa shape index (κ3) is 3.76. The van der Waals surface area contributed by atoms with Gasteiger partial charge in [-0.15, -0.1) is 0 Å². The summed E-state index contributed by atoms with van der Waals surface area (Å²) in [6.07, 6.45) is 0.901. The molecule has 1 fully saturated rings. The third-order valence-electron chi connectivity index (χ3n) is 4.00. The van der Waals surface area contributed by atoms with E-state index in [0.717, 1.165) is 5.56 Å². The van der Waals surface area contributed by atoms with Gasteiger partial charge in [-0.05, 0) is 43.5 Å². The fraction of sp³-hybridized carbons (Fsp3) is 0.500. The summed E-state index contributed by atoms with van der Waals surface area (Å²) in [6, 6.07) is 5.19. The van der Waals surface area contributed by atoms with Gasteiger partial charge in [-0.3, -0.25) is 9.59 Å². The van der Waals surface area contributed by atoms with Gasteiger partial charge in [0.05, 0.1) is 19.1 Å². The van der Waals surface area contributed by atoms with Gasteiger partial charge in [0, 0.05) is 18.8 Å². The van der Waals surface area contributed by atoms with Crippen LogP contribution >= 0.6 is 0 Å². The van der Waals surface area contributed by atoms with E-state index in [9.17, 15) is 9.59 Å². The Morgan fingerprint density at radius 2 is 2.05 bits per heavy atom. The number of carboxylic acid groups (broad SMARTS) is 1. The van der Waals surface area contributed by atoms with Gasteiger partial charge in [-0.2, -0.15) is 0 Å². The summed E-state index contributed by atoms with van der Waals surface area (Å²) >= 11 is 0. The number of carboxylic acids is 1. The second-order valence-electron chi connectivity index (χ2n) is 5.60. The van der Waals surface area contributed by atoms with Crippen molar-refractivity contribution in [1.29, 1.82) is 0 Å². The van der Waals surface area contributed by atoms with Crippen LogP contribution in [0.5, 0.6) is 5.75 Å². The fourth-order valence-electron chi connectivity index (χ4n) is 2.72. The number of hydrogen-bond acceptors (Lipinski definition) is 4. The first-order chi connectivity index (χ1) is 10.5. The molecule has 0 atom stereocenters. The average molecular weight is 307 g/mol. The smallest absolute Gasteiger partial charge is 0.305 e. The first kappa shape index (κ1) is 16.3. The predicted molar refractivity (Wildman–Crippen MR) is 80.2 cm³/mol. The number of rotatable bonds is 5. The van der Waals surface area contributed by atoms with Crippen LogP contribution < -0.4 is 10.1 Å². The Kier molecular flexibility index (Phi) is 5.03. The van der Waals surface area contributed by atoms with E-state index in [2.05, 4.69) is 5.32 Å². The third-order valence-corrected chi connectivity index (χ3v) is 4.00. The monoisotopic (exact) mass is 307 g/mol. The summed E-state index contributed by atoms with van der Waals surface area (Å²) in [4.78, 5) is 23.7. The molecule has 0 aromatic heterocycles. The number of ether oxygens (including phenoxy) is 2. The van der Waals surface area contributed by atoms with Crippen molar-refractivity contribution in [3.63, 3.8) is 0 Å². The highest BCUT2D eigenvalue weighted by Gasteiger charge is 2.36. The highest BCUT2D eigenvalue weighted by molar-refractivity contribution is 5.96. The van der Waals surface area contributed by atoms with Gasteiger partial charge in [0.1, 0.15) is 5.75 Å². The molecule has 1 heterocycles. The first-order valence-corrected chi connectivity index (χ1v) is 7.22. The molecule has 0 unspecified atom stereocenters. The van der Waals surface area contributed by atoms with E-state index in [-0.39, 0.29) is 12.3 Å². The number of aryl methyl sites for hydroxylation is 1. The Labute approximate surface area is 129 Å². The maximum atomic E-state index is 12.5. The minimum Gasteiger partial charge on any atom is -0.497 e. The van der Waals surface area contributed by atoms with Gasteiger partial charge < -0.3 is 19.9 Å². The lowest BCUT2D eigenvalue weighted by molar-refractivity contribution is -0.139. The summed E-state index contributed by atoms with van der Waals surface area (Å²) in [6.45, 7) is 2.73. The van der Waals surface area contributed by atoms with Crippen molar-refractivity contribution in [2.75, 3.05) is 20.3 Å². The number of methoxy groups -OCH3 is 1. The van der Waals surface area contributed by atoms with E-state index in [1.807, 2.05) is 6.92 Å². The van der Waals surface area contributed by atoms with Crippen LogP contribution in [-0.4, -0.2) is 42.8 Å². The lowest BCUT2D eigenvalue weighted by atomic mass is 9.86. The van der Waals surface area contributed by atoms with Crippen LogP contribution in [0.15, 0.2) is 18.2 Å². The Morgan fingerprint density at radius 3 is 2.59 bits per heavy atom. The van der Waals surface area contributed by atoms with Crippen molar-refractivity contribution in [1.82, 2.24) is 5.32 Å². The average Bonchev–Trinajstić information content (AvgIpc) is 2.46. The zero-order valence-corrected chi connectivity index (χ0v) is 12.8. The van der Waals surface area contributed by atoms with E-state index >= 15 is 0 Å². The van der Waals surface area contributed by atoms with Crippen LogP contribution in [0.1, 0.15) is 35.2 Å². The Bertz CT molecular complexity index is 564. The molecule has 0 spiro atoms. The largest absolute Gasteiger partial charge is 0.497 e.